The smallest absolute Gasteiger partial charge is 0.270 e. The number of nitrogens with one attached hydrogen (secondary N) is 1. The van der Waals surface area contributed by atoms with Crippen molar-refractivity contribution in [1.29, 1.82) is 0 Å². The molecule has 0 fully saturated rings. The number of nitro groups is 1. The summed E-state index contributed by atoms with van der Waals surface area (Å²) in [6.07, 6.45) is 0. The molecule has 0 spiro atoms. The van der Waals surface area contributed by atoms with Gasteiger partial charge in [-0.3, -0.25) is 10.1 Å². The van der Waals surface area contributed by atoms with E-state index in [4.69, 9.17) is 0 Å². The molecule has 0 amide bonds. The molecule has 1 N–H and O–H groups in total. The summed E-state index contributed by atoms with van der Waals surface area (Å²) >= 11 is 0. The van der Waals surface area contributed by atoms with E-state index in [1.165, 1.54) is 12.1 Å². The first-order valence-corrected chi connectivity index (χ1v) is 5.63. The Morgan fingerprint density at radius 2 is 2.33 bits per heavy atom. The van der Waals surface area contributed by atoms with Gasteiger partial charge in [-0.15, -0.1) is 0 Å². The third kappa shape index (κ3) is 1.84. The molecule has 1 aromatic heterocycles. The second-order valence-corrected chi connectivity index (χ2v) is 4.06. The Morgan fingerprint density at radius 1 is 1.44 bits per heavy atom. The molecule has 0 bridgehead atoms. The molecule has 0 unspecified atom stereocenters. The Hall–Kier alpha value is -2.28. The Kier molecular flexibility index (Phi) is 2.52. The summed E-state index contributed by atoms with van der Waals surface area (Å²) in [6, 6.07) is 6.38. The zero-order chi connectivity index (χ0) is 12.5. The van der Waals surface area contributed by atoms with Crippen LogP contribution >= 0.6 is 0 Å². The molecule has 18 heavy (non-hydrogen) atoms. The maximum Gasteiger partial charge on any atom is 0.270 e. The van der Waals surface area contributed by atoms with Gasteiger partial charge in [-0.25, -0.2) is 9.67 Å². The van der Waals surface area contributed by atoms with Crippen molar-refractivity contribution in [1.82, 2.24) is 20.1 Å². The topological polar surface area (TPSA) is 85.9 Å². The molecule has 0 aliphatic carbocycles. The number of fused-ring (bicyclic) bond motifs is 1. The summed E-state index contributed by atoms with van der Waals surface area (Å²) in [5, 5.41) is 18.3. The molecule has 1 aliphatic rings. The van der Waals surface area contributed by atoms with Gasteiger partial charge in [-0.05, 0) is 0 Å². The van der Waals surface area contributed by atoms with E-state index in [0.717, 1.165) is 18.9 Å². The molecule has 2 aromatic rings. The first-order valence-electron chi connectivity index (χ1n) is 5.63. The van der Waals surface area contributed by atoms with E-state index in [1.807, 2.05) is 4.68 Å². The van der Waals surface area contributed by atoms with E-state index >= 15 is 0 Å². The van der Waals surface area contributed by atoms with Gasteiger partial charge in [0, 0.05) is 24.2 Å². The normalized spacial score (nSPS) is 14.2. The Bertz CT molecular complexity index is 584. The van der Waals surface area contributed by atoms with Crippen molar-refractivity contribution < 1.29 is 4.92 Å². The minimum Gasteiger partial charge on any atom is -0.308 e. The average molecular weight is 245 g/mol. The number of aromatic nitrogens is 3. The van der Waals surface area contributed by atoms with Gasteiger partial charge in [0.15, 0.2) is 5.82 Å². The van der Waals surface area contributed by atoms with E-state index in [1.54, 1.807) is 12.1 Å². The van der Waals surface area contributed by atoms with Crippen LogP contribution in [0, 0.1) is 10.1 Å². The number of nitrogens with zero attached hydrogens (tertiary/aromatic N) is 4. The lowest BCUT2D eigenvalue weighted by molar-refractivity contribution is -0.384. The van der Waals surface area contributed by atoms with Gasteiger partial charge < -0.3 is 5.32 Å². The molecule has 3 rings (SSSR count). The second-order valence-electron chi connectivity index (χ2n) is 4.06. The molecule has 7 nitrogen and oxygen atoms in total. The van der Waals surface area contributed by atoms with Crippen molar-refractivity contribution in [2.24, 2.45) is 0 Å². The largest absolute Gasteiger partial charge is 0.308 e. The minimum absolute atomic E-state index is 0.0541. The van der Waals surface area contributed by atoms with Crippen LogP contribution < -0.4 is 5.32 Å². The zero-order valence-corrected chi connectivity index (χ0v) is 9.54. The van der Waals surface area contributed by atoms with Crippen LogP contribution in [0.2, 0.25) is 0 Å². The van der Waals surface area contributed by atoms with Crippen LogP contribution in [-0.4, -0.2) is 26.2 Å². The van der Waals surface area contributed by atoms with Gasteiger partial charge in [-0.1, -0.05) is 12.1 Å². The second kappa shape index (κ2) is 4.19. The van der Waals surface area contributed by atoms with E-state index in [2.05, 4.69) is 15.4 Å². The lowest BCUT2D eigenvalue weighted by Gasteiger charge is -2.11. The van der Waals surface area contributed by atoms with Gasteiger partial charge in [0.2, 0.25) is 0 Å². The molecule has 1 aromatic carbocycles. The molecule has 0 saturated carbocycles. The fourth-order valence-corrected chi connectivity index (χ4v) is 1.95. The van der Waals surface area contributed by atoms with Gasteiger partial charge in [0.25, 0.3) is 5.69 Å². The van der Waals surface area contributed by atoms with Crippen molar-refractivity contribution in [3.63, 3.8) is 0 Å². The summed E-state index contributed by atoms with van der Waals surface area (Å²) in [5.74, 6) is 1.40. The maximum absolute atomic E-state index is 10.7. The SMILES string of the molecule is O=[N+]([O-])c1cccc(-c2nc3n(n2)CCNC3)c1. The van der Waals surface area contributed by atoms with Crippen molar-refractivity contribution in [3.8, 4) is 11.4 Å². The van der Waals surface area contributed by atoms with E-state index in [-0.39, 0.29) is 5.69 Å². The average Bonchev–Trinajstić information content (AvgIpc) is 2.82. The van der Waals surface area contributed by atoms with Gasteiger partial charge in [-0.2, -0.15) is 5.10 Å². The highest BCUT2D eigenvalue weighted by atomic mass is 16.6. The predicted octanol–water partition coefficient (Wildman–Crippen LogP) is 0.956. The predicted molar refractivity (Wildman–Crippen MR) is 63.8 cm³/mol. The zero-order valence-electron chi connectivity index (χ0n) is 9.54. The third-order valence-corrected chi connectivity index (χ3v) is 2.85. The fraction of sp³-hybridized carbons (Fsp3) is 0.273. The number of nitro benzene ring substituents is 1. The first-order chi connectivity index (χ1) is 8.74. The summed E-state index contributed by atoms with van der Waals surface area (Å²) in [4.78, 5) is 14.7. The highest BCUT2D eigenvalue weighted by Crippen LogP contribution is 2.21. The van der Waals surface area contributed by atoms with Gasteiger partial charge in [0.1, 0.15) is 5.82 Å². The fourth-order valence-electron chi connectivity index (χ4n) is 1.95. The van der Waals surface area contributed by atoms with Gasteiger partial charge >= 0.3 is 0 Å². The quantitative estimate of drug-likeness (QED) is 0.629. The van der Waals surface area contributed by atoms with Crippen LogP contribution in [0.3, 0.4) is 0 Å². The summed E-state index contributed by atoms with van der Waals surface area (Å²) < 4.78 is 1.84. The molecule has 92 valence electrons. The number of rotatable bonds is 2. The third-order valence-electron chi connectivity index (χ3n) is 2.85. The highest BCUT2D eigenvalue weighted by Gasteiger charge is 2.16. The first kappa shape index (κ1) is 10.8. The lowest BCUT2D eigenvalue weighted by Crippen LogP contribution is -2.28. The molecule has 2 heterocycles. The Morgan fingerprint density at radius 3 is 3.11 bits per heavy atom. The summed E-state index contributed by atoms with van der Waals surface area (Å²) in [5.41, 5.74) is 0.726. The van der Waals surface area contributed by atoms with Gasteiger partial charge in [0.05, 0.1) is 18.0 Å². The number of benzene rings is 1. The van der Waals surface area contributed by atoms with Crippen LogP contribution in [0.5, 0.6) is 0 Å². The van der Waals surface area contributed by atoms with Crippen molar-refractivity contribution in [2.45, 2.75) is 13.1 Å². The van der Waals surface area contributed by atoms with Crippen LogP contribution in [0.15, 0.2) is 24.3 Å². The molecular formula is C11H11N5O2. The number of hydrogen-bond acceptors (Lipinski definition) is 5. The maximum atomic E-state index is 10.7. The molecule has 0 saturated heterocycles. The highest BCUT2D eigenvalue weighted by molar-refractivity contribution is 5.58. The van der Waals surface area contributed by atoms with E-state index in [0.29, 0.717) is 17.9 Å². The van der Waals surface area contributed by atoms with Crippen molar-refractivity contribution in [3.05, 3.63) is 40.2 Å². The van der Waals surface area contributed by atoms with E-state index < -0.39 is 4.92 Å². The Balaban J connectivity index is 2.01. The Labute approximate surface area is 103 Å². The molecule has 7 heteroatoms. The van der Waals surface area contributed by atoms with Crippen molar-refractivity contribution in [2.75, 3.05) is 6.54 Å². The standard InChI is InChI=1S/C11H11N5O2/c17-16(18)9-3-1-2-8(6-9)11-13-10-7-12-4-5-15(10)14-11/h1-3,6,12H,4-5,7H2. The van der Waals surface area contributed by atoms with Crippen LogP contribution in [-0.2, 0) is 13.1 Å². The number of hydrogen-bond donors (Lipinski definition) is 1. The molecular weight excluding hydrogens is 234 g/mol. The lowest BCUT2D eigenvalue weighted by atomic mass is 10.2. The molecule has 0 radical (unpaired) electrons. The summed E-state index contributed by atoms with van der Waals surface area (Å²) in [7, 11) is 0. The van der Waals surface area contributed by atoms with E-state index in [9.17, 15) is 10.1 Å². The number of non-ortho nitro benzene ring substituents is 1. The van der Waals surface area contributed by atoms with Crippen molar-refractivity contribution >= 4 is 5.69 Å². The molecule has 1 aliphatic heterocycles. The minimum atomic E-state index is -0.416. The van der Waals surface area contributed by atoms with Crippen LogP contribution in [0.4, 0.5) is 5.69 Å². The monoisotopic (exact) mass is 245 g/mol. The molecule has 0 atom stereocenters. The van der Waals surface area contributed by atoms with Crippen LogP contribution in [0.25, 0.3) is 11.4 Å². The van der Waals surface area contributed by atoms with Crippen LogP contribution in [0.1, 0.15) is 5.82 Å². The summed E-state index contributed by atoms with van der Waals surface area (Å²) in [6.45, 7) is 2.32.